The van der Waals surface area contributed by atoms with Gasteiger partial charge in [0, 0.05) is 28.6 Å². The predicted molar refractivity (Wildman–Crippen MR) is 87.8 cm³/mol. The number of likely N-dealkylation sites (N-methyl/N-ethyl adjacent to an activating group) is 1. The van der Waals surface area contributed by atoms with Crippen LogP contribution in [0.2, 0.25) is 5.02 Å². The van der Waals surface area contributed by atoms with Gasteiger partial charge in [-0.25, -0.2) is 0 Å². The maximum absolute atomic E-state index is 6.24. The summed E-state index contributed by atoms with van der Waals surface area (Å²) in [5.41, 5.74) is 1.15. The molecular formula is C15H24BrClN2. The van der Waals surface area contributed by atoms with Gasteiger partial charge in [0.1, 0.15) is 0 Å². The summed E-state index contributed by atoms with van der Waals surface area (Å²) in [6.07, 6.45) is 1.17. The summed E-state index contributed by atoms with van der Waals surface area (Å²) in [6, 6.07) is 6.55. The largest absolute Gasteiger partial charge is 0.309 e. The van der Waals surface area contributed by atoms with Crippen molar-refractivity contribution >= 4 is 27.5 Å². The number of hydrogen-bond acceptors (Lipinski definition) is 2. The third-order valence-corrected chi connectivity index (χ3v) is 3.78. The van der Waals surface area contributed by atoms with E-state index >= 15 is 0 Å². The molecule has 1 aromatic carbocycles. The molecule has 1 N–H and O–H groups in total. The summed E-state index contributed by atoms with van der Waals surface area (Å²) in [6.45, 7) is 6.39. The average molecular weight is 348 g/mol. The van der Waals surface area contributed by atoms with Crippen LogP contribution in [0.25, 0.3) is 0 Å². The lowest BCUT2D eigenvalue weighted by atomic mass is 10.0. The molecular weight excluding hydrogens is 324 g/mol. The van der Waals surface area contributed by atoms with E-state index in [4.69, 9.17) is 11.6 Å². The van der Waals surface area contributed by atoms with Gasteiger partial charge in [-0.1, -0.05) is 47.4 Å². The quantitative estimate of drug-likeness (QED) is 0.796. The standard InChI is InChI=1S/C15H24BrClN2/c1-11(2)7-14(10-19(3)4)18-9-12-5-6-13(16)8-15(12)17/h5-6,8,11,14,18H,7,9-10H2,1-4H3. The number of hydrogen-bond donors (Lipinski definition) is 1. The minimum absolute atomic E-state index is 0.495. The van der Waals surface area contributed by atoms with E-state index in [-0.39, 0.29) is 0 Å². The van der Waals surface area contributed by atoms with Crippen LogP contribution >= 0.6 is 27.5 Å². The zero-order valence-corrected chi connectivity index (χ0v) is 14.6. The summed E-state index contributed by atoms with van der Waals surface area (Å²) < 4.78 is 1.02. The first-order valence-electron chi connectivity index (χ1n) is 6.70. The van der Waals surface area contributed by atoms with E-state index < -0.39 is 0 Å². The number of halogens is 2. The van der Waals surface area contributed by atoms with Crippen LogP contribution in [0.5, 0.6) is 0 Å². The fraction of sp³-hybridized carbons (Fsp3) is 0.600. The van der Waals surface area contributed by atoms with Gasteiger partial charge in [0.25, 0.3) is 0 Å². The zero-order chi connectivity index (χ0) is 14.4. The molecule has 0 saturated heterocycles. The van der Waals surface area contributed by atoms with Gasteiger partial charge < -0.3 is 10.2 Å². The second-order valence-corrected chi connectivity index (χ2v) is 7.03. The molecule has 2 nitrogen and oxygen atoms in total. The van der Waals surface area contributed by atoms with Crippen LogP contribution in [0.4, 0.5) is 0 Å². The van der Waals surface area contributed by atoms with Crippen LogP contribution in [0.1, 0.15) is 25.8 Å². The molecule has 0 aliphatic rings. The molecule has 0 heterocycles. The van der Waals surface area contributed by atoms with E-state index in [0.717, 1.165) is 28.1 Å². The van der Waals surface area contributed by atoms with E-state index in [1.165, 1.54) is 6.42 Å². The van der Waals surface area contributed by atoms with Crippen molar-refractivity contribution in [2.45, 2.75) is 32.9 Å². The SMILES string of the molecule is CC(C)CC(CN(C)C)NCc1ccc(Br)cc1Cl. The zero-order valence-electron chi connectivity index (χ0n) is 12.2. The molecule has 1 aromatic rings. The smallest absolute Gasteiger partial charge is 0.0462 e. The normalized spacial score (nSPS) is 13.3. The van der Waals surface area contributed by atoms with Crippen molar-refractivity contribution in [3.05, 3.63) is 33.3 Å². The Morgan fingerprint density at radius 1 is 1.32 bits per heavy atom. The number of nitrogens with zero attached hydrogens (tertiary/aromatic N) is 1. The second kappa shape index (κ2) is 8.25. The summed E-state index contributed by atoms with van der Waals surface area (Å²) >= 11 is 9.67. The number of rotatable bonds is 7. The Morgan fingerprint density at radius 2 is 2.00 bits per heavy atom. The predicted octanol–water partition coefficient (Wildman–Crippen LogP) is 4.17. The lowest BCUT2D eigenvalue weighted by molar-refractivity contribution is 0.305. The van der Waals surface area contributed by atoms with Crippen LogP contribution < -0.4 is 5.32 Å². The summed E-state index contributed by atoms with van der Waals surface area (Å²) in [5, 5.41) is 4.43. The molecule has 0 fully saturated rings. The van der Waals surface area contributed by atoms with Crippen molar-refractivity contribution in [3.8, 4) is 0 Å². The van der Waals surface area contributed by atoms with Gasteiger partial charge in [-0.05, 0) is 44.1 Å². The fourth-order valence-corrected chi connectivity index (χ4v) is 2.89. The molecule has 0 bridgehead atoms. The van der Waals surface area contributed by atoms with E-state index in [2.05, 4.69) is 60.2 Å². The van der Waals surface area contributed by atoms with E-state index in [9.17, 15) is 0 Å². The van der Waals surface area contributed by atoms with Crippen molar-refractivity contribution in [2.75, 3.05) is 20.6 Å². The highest BCUT2D eigenvalue weighted by Gasteiger charge is 2.12. The fourth-order valence-electron chi connectivity index (χ4n) is 2.15. The van der Waals surface area contributed by atoms with Crippen molar-refractivity contribution in [1.29, 1.82) is 0 Å². The van der Waals surface area contributed by atoms with Crippen molar-refractivity contribution in [3.63, 3.8) is 0 Å². The van der Waals surface area contributed by atoms with Crippen molar-refractivity contribution in [1.82, 2.24) is 10.2 Å². The van der Waals surface area contributed by atoms with Gasteiger partial charge in [0.15, 0.2) is 0 Å². The van der Waals surface area contributed by atoms with E-state index in [1.807, 2.05) is 12.1 Å². The minimum atomic E-state index is 0.495. The maximum atomic E-state index is 6.24. The third-order valence-electron chi connectivity index (χ3n) is 2.94. The number of benzene rings is 1. The average Bonchev–Trinajstić information content (AvgIpc) is 2.25. The Hall–Kier alpha value is -0.0900. The molecule has 4 heteroatoms. The van der Waals surface area contributed by atoms with Gasteiger partial charge in [-0.15, -0.1) is 0 Å². The molecule has 19 heavy (non-hydrogen) atoms. The highest BCUT2D eigenvalue weighted by Crippen LogP contribution is 2.21. The lowest BCUT2D eigenvalue weighted by Gasteiger charge is -2.24. The molecule has 108 valence electrons. The summed E-state index contributed by atoms with van der Waals surface area (Å²) in [7, 11) is 4.23. The molecule has 1 rings (SSSR count). The first-order valence-corrected chi connectivity index (χ1v) is 7.87. The topological polar surface area (TPSA) is 15.3 Å². The van der Waals surface area contributed by atoms with Gasteiger partial charge >= 0.3 is 0 Å². The maximum Gasteiger partial charge on any atom is 0.0462 e. The molecule has 1 atom stereocenters. The monoisotopic (exact) mass is 346 g/mol. The number of nitrogens with one attached hydrogen (secondary N) is 1. The third kappa shape index (κ3) is 6.75. The van der Waals surface area contributed by atoms with Gasteiger partial charge in [0.05, 0.1) is 0 Å². The molecule has 1 unspecified atom stereocenters. The summed E-state index contributed by atoms with van der Waals surface area (Å²) in [5.74, 6) is 0.692. The molecule has 0 spiro atoms. The first-order chi connectivity index (χ1) is 8.88. The van der Waals surface area contributed by atoms with Crippen LogP contribution in [0.3, 0.4) is 0 Å². The van der Waals surface area contributed by atoms with Crippen molar-refractivity contribution < 1.29 is 0 Å². The molecule has 0 amide bonds. The Kier molecular flexibility index (Phi) is 7.37. The molecule has 0 radical (unpaired) electrons. The van der Waals surface area contributed by atoms with Crippen molar-refractivity contribution in [2.24, 2.45) is 5.92 Å². The highest BCUT2D eigenvalue weighted by molar-refractivity contribution is 9.10. The Bertz CT molecular complexity index is 384. The molecule has 0 saturated carbocycles. The van der Waals surface area contributed by atoms with Gasteiger partial charge in [-0.3, -0.25) is 0 Å². The van der Waals surface area contributed by atoms with Gasteiger partial charge in [0.2, 0.25) is 0 Å². The molecule has 0 aromatic heterocycles. The second-order valence-electron chi connectivity index (χ2n) is 5.71. The molecule has 0 aliphatic heterocycles. The van der Waals surface area contributed by atoms with Crippen LogP contribution in [0, 0.1) is 5.92 Å². The Balaban J connectivity index is 2.59. The van der Waals surface area contributed by atoms with Gasteiger partial charge in [-0.2, -0.15) is 0 Å². The van der Waals surface area contributed by atoms with Crippen LogP contribution in [0.15, 0.2) is 22.7 Å². The first kappa shape index (κ1) is 17.0. The Morgan fingerprint density at radius 3 is 2.53 bits per heavy atom. The highest BCUT2D eigenvalue weighted by atomic mass is 79.9. The Labute approximate surface area is 130 Å². The molecule has 0 aliphatic carbocycles. The lowest BCUT2D eigenvalue weighted by Crippen LogP contribution is -2.38. The van der Waals surface area contributed by atoms with Crippen LogP contribution in [-0.4, -0.2) is 31.6 Å². The van der Waals surface area contributed by atoms with Crippen LogP contribution in [-0.2, 0) is 6.54 Å². The van der Waals surface area contributed by atoms with E-state index in [0.29, 0.717) is 12.0 Å². The van der Waals surface area contributed by atoms with E-state index in [1.54, 1.807) is 0 Å². The summed E-state index contributed by atoms with van der Waals surface area (Å²) in [4.78, 5) is 2.23. The minimum Gasteiger partial charge on any atom is -0.309 e.